The number of nitrogens with zero attached hydrogens (tertiary/aromatic N) is 5. The van der Waals surface area contributed by atoms with E-state index in [9.17, 15) is 40.0 Å². The van der Waals surface area contributed by atoms with Crippen LogP contribution in [0.1, 0.15) is 202 Å². The molecule has 6 heterocycles. The Balaban J connectivity index is 0.000000315. The first-order chi connectivity index (χ1) is 38.7. The molecule has 6 rings (SSSR count). The lowest BCUT2D eigenvalue weighted by Gasteiger charge is -2.33. The minimum absolute atomic E-state index is 0.0312. The van der Waals surface area contributed by atoms with Crippen LogP contribution in [0.2, 0.25) is 0 Å². The maximum atomic E-state index is 14.7. The van der Waals surface area contributed by atoms with Gasteiger partial charge in [-0.1, -0.05) is 95.2 Å². The number of anilines is 2. The second kappa shape index (κ2) is 26.6. The van der Waals surface area contributed by atoms with Crippen molar-refractivity contribution in [2.45, 2.75) is 208 Å². The summed E-state index contributed by atoms with van der Waals surface area (Å²) in [5.41, 5.74) is -1.49. The van der Waals surface area contributed by atoms with E-state index in [4.69, 9.17) is 4.74 Å². The topological polar surface area (TPSA) is 244 Å². The standard InChI is InChI=1S/C34H52FN5O5S.C29H44FN5O3S/c1-31(2,3)18-22(17-23-19-34(10,11)40(21-23)30(42)45-33(7,8)9)20-36-26-13-12-14-27(38-26)46(43,44)39-29(41)24-15-16-25(32(4,5)6)37-28(24)35;1-27(2,3)15-19(14-20-16-29(7,8)32-18-20)17-31-23-10-9-11-24(34-23)39(37,38)35-26(36)21-12-13-22(28(4,5)6)33-25(21)30/h12-16,22-23H,17-21H2,1-11H3,(H,36,38)(H,39,41);9-13,19-20,32H,14-18H2,1-8H3,(H,31,34)(H,35,36)/t22?,23-;19?,20-/m00/s1. The molecule has 5 N–H and O–H groups in total. The third-order valence-corrected chi connectivity index (χ3v) is 17.2. The molecule has 4 aromatic heterocycles. The van der Waals surface area contributed by atoms with Crippen LogP contribution in [-0.4, -0.2) is 102 Å². The molecule has 4 atom stereocenters. The minimum Gasteiger partial charge on any atom is -0.444 e. The normalized spacial score (nSPS) is 18.2. The molecular weight excluding hydrogens is 1130 g/mol. The number of hydrogen-bond donors (Lipinski definition) is 5. The van der Waals surface area contributed by atoms with Crippen LogP contribution < -0.4 is 25.4 Å². The van der Waals surface area contributed by atoms with E-state index in [2.05, 4.69) is 105 Å². The van der Waals surface area contributed by atoms with Crippen LogP contribution >= 0.6 is 0 Å². The lowest BCUT2D eigenvalue weighted by Crippen LogP contribution is -2.45. The first-order valence-electron chi connectivity index (χ1n) is 29.4. The lowest BCUT2D eigenvalue weighted by molar-refractivity contribution is 0.0129. The van der Waals surface area contributed by atoms with E-state index < -0.39 is 71.3 Å². The van der Waals surface area contributed by atoms with Gasteiger partial charge in [0.2, 0.25) is 11.9 Å². The van der Waals surface area contributed by atoms with Crippen LogP contribution in [0.3, 0.4) is 0 Å². The largest absolute Gasteiger partial charge is 0.444 e. The number of nitrogens with one attached hydrogen (secondary N) is 5. The smallest absolute Gasteiger partial charge is 0.410 e. The van der Waals surface area contributed by atoms with Crippen molar-refractivity contribution >= 4 is 49.6 Å². The van der Waals surface area contributed by atoms with Crippen molar-refractivity contribution in [3.8, 4) is 0 Å². The van der Waals surface area contributed by atoms with Gasteiger partial charge in [0.1, 0.15) is 17.2 Å². The number of hydrogen-bond acceptors (Lipinski definition) is 15. The second-order valence-electron chi connectivity index (χ2n) is 30.0. The number of halogens is 2. The Hall–Kier alpha value is -5.87. The molecule has 22 heteroatoms. The Labute approximate surface area is 505 Å². The van der Waals surface area contributed by atoms with Gasteiger partial charge in [0.05, 0.1) is 11.1 Å². The zero-order valence-electron chi connectivity index (χ0n) is 53.7. The molecule has 2 aliphatic rings. The first-order valence-corrected chi connectivity index (χ1v) is 32.3. The number of likely N-dealkylation sites (tertiary alicyclic amines) is 1. The van der Waals surface area contributed by atoms with Crippen LogP contribution in [-0.2, 0) is 35.6 Å². The van der Waals surface area contributed by atoms with Crippen molar-refractivity contribution in [1.29, 1.82) is 0 Å². The summed E-state index contributed by atoms with van der Waals surface area (Å²) >= 11 is 0. The molecule has 0 spiro atoms. The van der Waals surface area contributed by atoms with Gasteiger partial charge < -0.3 is 25.6 Å². The van der Waals surface area contributed by atoms with Crippen molar-refractivity contribution in [3.63, 3.8) is 0 Å². The van der Waals surface area contributed by atoms with E-state index in [0.29, 0.717) is 54.5 Å². The van der Waals surface area contributed by atoms with E-state index in [1.807, 2.05) is 76.7 Å². The predicted octanol–water partition coefficient (Wildman–Crippen LogP) is 12.2. The van der Waals surface area contributed by atoms with Gasteiger partial charge in [-0.05, 0) is 177 Å². The molecule has 2 fully saturated rings. The summed E-state index contributed by atoms with van der Waals surface area (Å²) in [6.45, 7) is 41.3. The lowest BCUT2D eigenvalue weighted by atomic mass is 9.79. The SMILES string of the molecule is CC(C)(C)CC(CNc1cccc(S(=O)(=O)NC(=O)c2ccc(C(C)(C)C)nc2F)n1)C[C@@H]1CN(C(=O)OC(C)(C)C)C(C)(C)C1.CC(C)(C)CC(CNc1cccc(S(=O)(=O)NC(=O)c2ccc(C(C)(C)C)nc2F)n1)C[C@@H]1CNC(C)(C)C1. The van der Waals surface area contributed by atoms with E-state index >= 15 is 0 Å². The fourth-order valence-electron chi connectivity index (χ4n) is 11.1. The summed E-state index contributed by atoms with van der Waals surface area (Å²) < 4.78 is 90.8. The summed E-state index contributed by atoms with van der Waals surface area (Å²) in [6, 6.07) is 14.5. The molecule has 85 heavy (non-hydrogen) atoms. The summed E-state index contributed by atoms with van der Waals surface area (Å²) in [4.78, 5) is 56.4. The monoisotopic (exact) mass is 1220 g/mol. The van der Waals surface area contributed by atoms with Gasteiger partial charge in [-0.25, -0.2) is 34.2 Å². The molecule has 2 aliphatic heterocycles. The molecular formula is C63H96F2N10O8S2. The minimum atomic E-state index is -4.41. The average Bonchev–Trinajstić information content (AvgIpc) is 2.74. The van der Waals surface area contributed by atoms with Gasteiger partial charge in [-0.3, -0.25) is 9.59 Å². The molecule has 2 unspecified atom stereocenters. The van der Waals surface area contributed by atoms with E-state index in [1.165, 1.54) is 42.5 Å². The summed E-state index contributed by atoms with van der Waals surface area (Å²) in [7, 11) is -8.74. The quantitative estimate of drug-likeness (QED) is 0.0582. The maximum Gasteiger partial charge on any atom is 0.410 e. The Morgan fingerprint density at radius 2 is 1.02 bits per heavy atom. The summed E-state index contributed by atoms with van der Waals surface area (Å²) in [6.07, 6.45) is 5.48. The van der Waals surface area contributed by atoms with Crippen molar-refractivity contribution < 1.29 is 44.7 Å². The van der Waals surface area contributed by atoms with Gasteiger partial charge in [0, 0.05) is 52.9 Å². The van der Waals surface area contributed by atoms with Crippen molar-refractivity contribution in [1.82, 2.24) is 39.6 Å². The van der Waals surface area contributed by atoms with Crippen molar-refractivity contribution in [2.24, 2.45) is 34.5 Å². The molecule has 0 radical (unpaired) electrons. The van der Waals surface area contributed by atoms with Crippen LogP contribution in [0.25, 0.3) is 0 Å². The molecule has 472 valence electrons. The molecule has 0 bridgehead atoms. The zero-order valence-corrected chi connectivity index (χ0v) is 55.4. The van der Waals surface area contributed by atoms with Crippen LogP contribution in [0.15, 0.2) is 70.7 Å². The molecule has 0 aliphatic carbocycles. The third kappa shape index (κ3) is 21.5. The van der Waals surface area contributed by atoms with Crippen molar-refractivity contribution in [2.75, 3.05) is 36.8 Å². The highest BCUT2D eigenvalue weighted by Gasteiger charge is 2.44. The Morgan fingerprint density at radius 3 is 1.38 bits per heavy atom. The number of ether oxygens (including phenoxy) is 1. The van der Waals surface area contributed by atoms with E-state index in [0.717, 1.165) is 45.1 Å². The van der Waals surface area contributed by atoms with E-state index in [-0.39, 0.29) is 49.9 Å². The Morgan fingerprint density at radius 1 is 0.612 bits per heavy atom. The molecule has 3 amide bonds. The molecule has 0 saturated carbocycles. The number of amides is 3. The average molecular weight is 1220 g/mol. The number of aromatic nitrogens is 4. The predicted molar refractivity (Wildman–Crippen MR) is 330 cm³/mol. The Kier molecular flexibility index (Phi) is 21.9. The van der Waals surface area contributed by atoms with Crippen LogP contribution in [0.4, 0.5) is 25.2 Å². The van der Waals surface area contributed by atoms with Gasteiger partial charge in [-0.2, -0.15) is 25.6 Å². The number of rotatable bonds is 18. The zero-order chi connectivity index (χ0) is 64.1. The maximum absolute atomic E-state index is 14.7. The highest BCUT2D eigenvalue weighted by molar-refractivity contribution is 7.90. The molecule has 4 aromatic rings. The molecule has 0 aromatic carbocycles. The third-order valence-electron chi connectivity index (χ3n) is 14.7. The Bertz CT molecular complexity index is 3230. The van der Waals surface area contributed by atoms with Crippen molar-refractivity contribution in [3.05, 3.63) is 95.1 Å². The van der Waals surface area contributed by atoms with Gasteiger partial charge in [0.15, 0.2) is 10.1 Å². The second-order valence-corrected chi connectivity index (χ2v) is 33.2. The van der Waals surface area contributed by atoms with Gasteiger partial charge >= 0.3 is 6.09 Å². The van der Waals surface area contributed by atoms with Crippen LogP contribution in [0.5, 0.6) is 0 Å². The highest BCUT2D eigenvalue weighted by atomic mass is 32.2. The molecule has 18 nitrogen and oxygen atoms in total. The summed E-state index contributed by atoms with van der Waals surface area (Å²) in [5.74, 6) is -2.15. The number of pyridine rings is 4. The first kappa shape index (κ1) is 69.9. The number of carbonyl (C=O) groups excluding carboxylic acids is 3. The van der Waals surface area contributed by atoms with Crippen LogP contribution in [0, 0.1) is 46.4 Å². The van der Waals surface area contributed by atoms with Gasteiger partial charge in [0.25, 0.3) is 31.9 Å². The summed E-state index contributed by atoms with van der Waals surface area (Å²) in [5, 5.41) is 9.50. The van der Waals surface area contributed by atoms with Gasteiger partial charge in [-0.15, -0.1) is 0 Å². The fourth-order valence-corrected chi connectivity index (χ4v) is 13.0. The molecule has 2 saturated heterocycles. The number of sulfonamides is 2. The fraction of sp³-hybridized carbons (Fsp3) is 0.635. The van der Waals surface area contributed by atoms with E-state index in [1.54, 1.807) is 18.2 Å². The highest BCUT2D eigenvalue weighted by Crippen LogP contribution is 2.40. The number of carbonyl (C=O) groups is 3.